The van der Waals surface area contributed by atoms with Gasteiger partial charge in [-0.1, -0.05) is 6.92 Å². The van der Waals surface area contributed by atoms with Gasteiger partial charge >= 0.3 is 0 Å². The molecule has 0 heterocycles. The van der Waals surface area contributed by atoms with Gasteiger partial charge in [0.2, 0.25) is 0 Å². The second kappa shape index (κ2) is 1.65. The molecule has 1 aliphatic rings. The first kappa shape index (κ1) is 4.82. The van der Waals surface area contributed by atoms with Crippen molar-refractivity contribution in [3.05, 3.63) is 11.9 Å². The molecule has 0 N–H and O–H groups in total. The predicted octanol–water partition coefficient (Wildman–Crippen LogP) is 2.27. The Bertz CT molecular complexity index is 94.4. The number of allylic oxidation sites excluding steroid dienone is 2. The zero-order chi connectivity index (χ0) is 5.28. The van der Waals surface area contributed by atoms with Gasteiger partial charge < -0.3 is 0 Å². The van der Waals surface area contributed by atoms with Crippen LogP contribution in [0.1, 0.15) is 19.8 Å². The van der Waals surface area contributed by atoms with E-state index >= 15 is 0 Å². The molecular weight excluding hydrogens is 91.1 g/mol. The molecule has 40 valence electrons. The summed E-state index contributed by atoms with van der Waals surface area (Å²) in [6, 6.07) is 0. The number of halogens is 1. The van der Waals surface area contributed by atoms with E-state index in [4.69, 9.17) is 0 Å². The Labute approximate surface area is 43.0 Å². The fraction of sp³-hybridized carbons (Fsp3) is 0.667. The van der Waals surface area contributed by atoms with E-state index < -0.39 is 0 Å². The zero-order valence-electron chi connectivity index (χ0n) is 4.45. The topological polar surface area (TPSA) is 0 Å². The summed E-state index contributed by atoms with van der Waals surface area (Å²) < 4.78 is 11.8. The van der Waals surface area contributed by atoms with Gasteiger partial charge in [0.25, 0.3) is 0 Å². The smallest absolute Gasteiger partial charge is 0.0968 e. The molecule has 0 saturated carbocycles. The lowest BCUT2D eigenvalue weighted by Crippen LogP contribution is -2.04. The maximum absolute atomic E-state index is 11.8. The predicted molar refractivity (Wildman–Crippen MR) is 27.6 cm³/mol. The SMILES string of the molecule is CCC1C=C(F)C1. The molecule has 0 nitrogen and oxygen atoms in total. The summed E-state index contributed by atoms with van der Waals surface area (Å²) in [5.74, 6) is 0.631. The lowest BCUT2D eigenvalue weighted by Gasteiger charge is -2.16. The van der Waals surface area contributed by atoms with Crippen LogP contribution in [0, 0.1) is 5.92 Å². The van der Waals surface area contributed by atoms with Crippen LogP contribution in [-0.2, 0) is 0 Å². The van der Waals surface area contributed by atoms with Crippen molar-refractivity contribution in [2.75, 3.05) is 0 Å². The Hall–Kier alpha value is -0.330. The molecule has 1 atom stereocenters. The molecule has 0 spiro atoms. The minimum Gasteiger partial charge on any atom is -0.212 e. The molecule has 1 rings (SSSR count). The van der Waals surface area contributed by atoms with Crippen molar-refractivity contribution in [1.29, 1.82) is 0 Å². The summed E-state index contributed by atoms with van der Waals surface area (Å²) in [5.41, 5.74) is 0. The van der Waals surface area contributed by atoms with Crippen LogP contribution in [0.4, 0.5) is 4.39 Å². The lowest BCUT2D eigenvalue weighted by molar-refractivity contribution is 0.441. The van der Waals surface area contributed by atoms with E-state index in [1.165, 1.54) is 0 Å². The van der Waals surface area contributed by atoms with E-state index in [9.17, 15) is 4.39 Å². The van der Waals surface area contributed by atoms with Crippen molar-refractivity contribution in [1.82, 2.24) is 0 Å². The van der Waals surface area contributed by atoms with Crippen LogP contribution < -0.4 is 0 Å². The highest BCUT2D eigenvalue weighted by Gasteiger charge is 2.15. The summed E-state index contributed by atoms with van der Waals surface area (Å²) in [5, 5.41) is 0. The van der Waals surface area contributed by atoms with Gasteiger partial charge in [0, 0.05) is 6.42 Å². The van der Waals surface area contributed by atoms with Crippen molar-refractivity contribution in [2.45, 2.75) is 19.8 Å². The van der Waals surface area contributed by atoms with Crippen LogP contribution in [0.2, 0.25) is 0 Å². The van der Waals surface area contributed by atoms with Gasteiger partial charge in [-0.2, -0.15) is 0 Å². The van der Waals surface area contributed by atoms with Gasteiger partial charge in [-0.15, -0.1) is 0 Å². The molecule has 1 heteroatoms. The largest absolute Gasteiger partial charge is 0.212 e. The summed E-state index contributed by atoms with van der Waals surface area (Å²) >= 11 is 0. The quantitative estimate of drug-likeness (QED) is 0.474. The van der Waals surface area contributed by atoms with E-state index in [1.807, 2.05) is 0 Å². The molecule has 1 unspecified atom stereocenters. The van der Waals surface area contributed by atoms with Crippen molar-refractivity contribution in [2.24, 2.45) is 5.92 Å². The highest BCUT2D eigenvalue weighted by Crippen LogP contribution is 2.28. The molecule has 0 fully saturated rings. The second-order valence-electron chi connectivity index (χ2n) is 1.99. The van der Waals surface area contributed by atoms with Crippen molar-refractivity contribution < 1.29 is 4.39 Å². The average Bonchev–Trinajstić information content (AvgIpc) is 1.58. The van der Waals surface area contributed by atoms with E-state index in [-0.39, 0.29) is 5.83 Å². The number of hydrogen-bond acceptors (Lipinski definition) is 0. The van der Waals surface area contributed by atoms with Gasteiger partial charge in [0.05, 0.1) is 5.83 Å². The van der Waals surface area contributed by atoms with Gasteiger partial charge in [0.1, 0.15) is 0 Å². The van der Waals surface area contributed by atoms with Crippen LogP contribution in [0.15, 0.2) is 11.9 Å². The maximum Gasteiger partial charge on any atom is 0.0968 e. The van der Waals surface area contributed by atoms with Gasteiger partial charge in [0.15, 0.2) is 0 Å². The first-order chi connectivity index (χ1) is 3.33. The average molecular weight is 100 g/mol. The molecule has 0 saturated heterocycles. The van der Waals surface area contributed by atoms with Crippen LogP contribution in [0.25, 0.3) is 0 Å². The molecule has 0 aromatic rings. The van der Waals surface area contributed by atoms with E-state index in [0.29, 0.717) is 12.3 Å². The van der Waals surface area contributed by atoms with Crippen molar-refractivity contribution in [3.8, 4) is 0 Å². The summed E-state index contributed by atoms with van der Waals surface area (Å²) in [6.07, 6.45) is 3.48. The summed E-state index contributed by atoms with van der Waals surface area (Å²) in [4.78, 5) is 0. The third kappa shape index (κ3) is 0.817. The minimum absolute atomic E-state index is 0.0758. The van der Waals surface area contributed by atoms with Crippen LogP contribution in [-0.4, -0.2) is 0 Å². The molecule has 0 aromatic carbocycles. The van der Waals surface area contributed by atoms with E-state index in [1.54, 1.807) is 6.08 Å². The first-order valence-electron chi connectivity index (χ1n) is 2.69. The summed E-state index contributed by atoms with van der Waals surface area (Å²) in [6.45, 7) is 2.08. The van der Waals surface area contributed by atoms with Crippen LogP contribution >= 0.6 is 0 Å². The number of rotatable bonds is 1. The Morgan fingerprint density at radius 2 is 2.57 bits per heavy atom. The van der Waals surface area contributed by atoms with Crippen molar-refractivity contribution in [3.63, 3.8) is 0 Å². The fourth-order valence-corrected chi connectivity index (χ4v) is 0.735. The van der Waals surface area contributed by atoms with Crippen molar-refractivity contribution >= 4 is 0 Å². The zero-order valence-corrected chi connectivity index (χ0v) is 4.45. The van der Waals surface area contributed by atoms with Gasteiger partial charge in [-0.05, 0) is 18.4 Å². The second-order valence-corrected chi connectivity index (χ2v) is 1.99. The highest BCUT2D eigenvalue weighted by atomic mass is 19.1. The van der Waals surface area contributed by atoms with Gasteiger partial charge in [-0.3, -0.25) is 0 Å². The van der Waals surface area contributed by atoms with E-state index in [2.05, 4.69) is 6.92 Å². The molecule has 0 amide bonds. The summed E-state index contributed by atoms with van der Waals surface area (Å²) in [7, 11) is 0. The van der Waals surface area contributed by atoms with E-state index in [0.717, 1.165) is 6.42 Å². The Morgan fingerprint density at radius 1 is 2.00 bits per heavy atom. The molecule has 1 aliphatic carbocycles. The van der Waals surface area contributed by atoms with Crippen LogP contribution in [0.3, 0.4) is 0 Å². The molecule has 0 bridgehead atoms. The third-order valence-corrected chi connectivity index (χ3v) is 1.40. The van der Waals surface area contributed by atoms with Crippen LogP contribution in [0.5, 0.6) is 0 Å². The Morgan fingerprint density at radius 3 is 2.71 bits per heavy atom. The third-order valence-electron chi connectivity index (χ3n) is 1.40. The van der Waals surface area contributed by atoms with Gasteiger partial charge in [-0.25, -0.2) is 4.39 Å². The Balaban J connectivity index is 2.31. The number of hydrogen-bond donors (Lipinski definition) is 0. The molecular formula is C6H9F. The Kier molecular flexibility index (Phi) is 1.13. The normalized spacial score (nSPS) is 28.9. The lowest BCUT2D eigenvalue weighted by atomic mass is 9.92. The molecule has 0 radical (unpaired) electrons. The first-order valence-corrected chi connectivity index (χ1v) is 2.69. The standard InChI is InChI=1S/C6H9F/c1-2-5-3-6(7)4-5/h3,5H,2,4H2,1H3. The fourth-order valence-electron chi connectivity index (χ4n) is 0.735. The maximum atomic E-state index is 11.8. The highest BCUT2D eigenvalue weighted by molar-refractivity contribution is 5.08. The monoisotopic (exact) mass is 100 g/mol. The molecule has 0 aliphatic heterocycles. The minimum atomic E-state index is 0.0758. The molecule has 7 heavy (non-hydrogen) atoms. The molecule has 0 aromatic heterocycles.